The van der Waals surface area contributed by atoms with Gasteiger partial charge < -0.3 is 10.1 Å². The number of ether oxygens (including phenoxy) is 1. The molecule has 0 bridgehead atoms. The Morgan fingerprint density at radius 3 is 2.82 bits per heavy atom. The van der Waals surface area contributed by atoms with Gasteiger partial charge in [-0.2, -0.15) is 0 Å². The first-order valence-electron chi connectivity index (χ1n) is 7.64. The number of nitrogens with one attached hydrogen (secondary N) is 1. The predicted octanol–water partition coefficient (Wildman–Crippen LogP) is 2.78. The molecule has 1 N–H and O–H groups in total. The Morgan fingerprint density at radius 2 is 2.05 bits per heavy atom. The standard InChI is InChI=1S/C17H20N2O2S/c20-17(14-6-8-21-9-7-14)18-11-15-12-22-16(19-15)10-13-4-2-1-3-5-13/h1-5,12,14H,6-11H2,(H,18,20). The number of aromatic nitrogens is 1. The van der Waals surface area contributed by atoms with E-state index in [0.29, 0.717) is 19.8 Å². The molecule has 0 aliphatic carbocycles. The van der Waals surface area contributed by atoms with E-state index in [4.69, 9.17) is 4.74 Å². The van der Waals surface area contributed by atoms with Gasteiger partial charge in [-0.3, -0.25) is 4.79 Å². The minimum absolute atomic E-state index is 0.0937. The number of hydrogen-bond acceptors (Lipinski definition) is 4. The van der Waals surface area contributed by atoms with Gasteiger partial charge >= 0.3 is 0 Å². The summed E-state index contributed by atoms with van der Waals surface area (Å²) in [4.78, 5) is 16.7. The Kier molecular flexibility index (Phi) is 5.19. The van der Waals surface area contributed by atoms with Gasteiger partial charge in [-0.05, 0) is 18.4 Å². The summed E-state index contributed by atoms with van der Waals surface area (Å²) in [7, 11) is 0. The topological polar surface area (TPSA) is 51.2 Å². The number of carbonyl (C=O) groups excluding carboxylic acids is 1. The van der Waals surface area contributed by atoms with Gasteiger partial charge in [0.15, 0.2) is 0 Å². The maximum absolute atomic E-state index is 12.1. The van der Waals surface area contributed by atoms with E-state index in [9.17, 15) is 4.79 Å². The summed E-state index contributed by atoms with van der Waals surface area (Å²) in [5.41, 5.74) is 2.20. The van der Waals surface area contributed by atoms with Crippen LogP contribution in [0.2, 0.25) is 0 Å². The highest BCUT2D eigenvalue weighted by atomic mass is 32.1. The average molecular weight is 316 g/mol. The fraction of sp³-hybridized carbons (Fsp3) is 0.412. The van der Waals surface area contributed by atoms with Gasteiger partial charge in [0.2, 0.25) is 5.91 Å². The highest BCUT2D eigenvalue weighted by Gasteiger charge is 2.21. The summed E-state index contributed by atoms with van der Waals surface area (Å²) in [5.74, 6) is 0.220. The van der Waals surface area contributed by atoms with Crippen LogP contribution in [0.5, 0.6) is 0 Å². The molecule has 1 amide bonds. The maximum Gasteiger partial charge on any atom is 0.223 e. The van der Waals surface area contributed by atoms with Crippen LogP contribution in [0.1, 0.15) is 29.1 Å². The fourth-order valence-corrected chi connectivity index (χ4v) is 3.39. The third-order valence-corrected chi connectivity index (χ3v) is 4.73. The molecule has 1 aromatic heterocycles. The molecule has 2 heterocycles. The lowest BCUT2D eigenvalue weighted by Crippen LogP contribution is -2.33. The highest BCUT2D eigenvalue weighted by molar-refractivity contribution is 7.09. The molecular formula is C17H20N2O2S. The van der Waals surface area contributed by atoms with Crippen molar-refractivity contribution in [2.75, 3.05) is 13.2 Å². The Balaban J connectivity index is 1.50. The summed E-state index contributed by atoms with van der Waals surface area (Å²) in [6, 6.07) is 10.3. The molecular weight excluding hydrogens is 296 g/mol. The monoisotopic (exact) mass is 316 g/mol. The number of benzene rings is 1. The van der Waals surface area contributed by atoms with Crippen molar-refractivity contribution in [1.29, 1.82) is 0 Å². The first-order valence-corrected chi connectivity index (χ1v) is 8.52. The van der Waals surface area contributed by atoms with Crippen molar-refractivity contribution in [2.45, 2.75) is 25.8 Å². The van der Waals surface area contributed by atoms with Crippen molar-refractivity contribution in [2.24, 2.45) is 5.92 Å². The molecule has 0 atom stereocenters. The van der Waals surface area contributed by atoms with Crippen molar-refractivity contribution in [3.05, 3.63) is 52.0 Å². The van der Waals surface area contributed by atoms with E-state index >= 15 is 0 Å². The Labute approximate surface area is 134 Å². The Bertz CT molecular complexity index is 606. The average Bonchev–Trinajstić information content (AvgIpc) is 3.02. The SMILES string of the molecule is O=C(NCc1csc(Cc2ccccc2)n1)C1CCOCC1. The van der Waals surface area contributed by atoms with Gasteiger partial charge in [-0.15, -0.1) is 11.3 Å². The van der Waals surface area contributed by atoms with E-state index in [1.165, 1.54) is 5.56 Å². The number of nitrogens with zero attached hydrogens (tertiary/aromatic N) is 1. The van der Waals surface area contributed by atoms with Gasteiger partial charge in [0.25, 0.3) is 0 Å². The molecule has 0 spiro atoms. The molecule has 1 fully saturated rings. The van der Waals surface area contributed by atoms with Crippen LogP contribution < -0.4 is 5.32 Å². The molecule has 1 saturated heterocycles. The zero-order chi connectivity index (χ0) is 15.2. The van der Waals surface area contributed by atoms with E-state index in [1.54, 1.807) is 11.3 Å². The molecule has 2 aromatic rings. The van der Waals surface area contributed by atoms with Crippen molar-refractivity contribution in [1.82, 2.24) is 10.3 Å². The highest BCUT2D eigenvalue weighted by Crippen LogP contribution is 2.16. The number of carbonyl (C=O) groups is 1. The van der Waals surface area contributed by atoms with Crippen LogP contribution in [0.3, 0.4) is 0 Å². The van der Waals surface area contributed by atoms with E-state index in [2.05, 4.69) is 22.4 Å². The smallest absolute Gasteiger partial charge is 0.223 e. The quantitative estimate of drug-likeness (QED) is 0.923. The lowest BCUT2D eigenvalue weighted by atomic mass is 9.99. The largest absolute Gasteiger partial charge is 0.381 e. The van der Waals surface area contributed by atoms with Crippen LogP contribution in [0.15, 0.2) is 35.7 Å². The number of amides is 1. The maximum atomic E-state index is 12.1. The van der Waals surface area contributed by atoms with E-state index < -0.39 is 0 Å². The second-order valence-corrected chi connectivity index (χ2v) is 6.44. The van der Waals surface area contributed by atoms with Crippen LogP contribution >= 0.6 is 11.3 Å². The van der Waals surface area contributed by atoms with Crippen LogP contribution in [-0.2, 0) is 22.5 Å². The fourth-order valence-electron chi connectivity index (χ4n) is 2.56. The minimum Gasteiger partial charge on any atom is -0.381 e. The minimum atomic E-state index is 0.0937. The second kappa shape index (κ2) is 7.51. The molecule has 22 heavy (non-hydrogen) atoms. The molecule has 1 aliphatic heterocycles. The molecule has 0 unspecified atom stereocenters. The molecule has 116 valence electrons. The third-order valence-electron chi connectivity index (χ3n) is 3.83. The summed E-state index contributed by atoms with van der Waals surface area (Å²) >= 11 is 1.65. The van der Waals surface area contributed by atoms with Crippen molar-refractivity contribution in [3.63, 3.8) is 0 Å². The van der Waals surface area contributed by atoms with Gasteiger partial charge in [-0.25, -0.2) is 4.98 Å². The van der Waals surface area contributed by atoms with Gasteiger partial charge in [0, 0.05) is 30.9 Å². The summed E-state index contributed by atoms with van der Waals surface area (Å²) in [5, 5.41) is 6.11. The molecule has 1 aromatic carbocycles. The third kappa shape index (κ3) is 4.15. The van der Waals surface area contributed by atoms with Crippen LogP contribution in [0.25, 0.3) is 0 Å². The van der Waals surface area contributed by atoms with Crippen LogP contribution in [0.4, 0.5) is 0 Å². The molecule has 0 saturated carbocycles. The number of thiazole rings is 1. The van der Waals surface area contributed by atoms with Gasteiger partial charge in [0.05, 0.1) is 17.2 Å². The second-order valence-electron chi connectivity index (χ2n) is 5.50. The molecule has 3 rings (SSSR count). The predicted molar refractivity (Wildman–Crippen MR) is 86.8 cm³/mol. The van der Waals surface area contributed by atoms with Gasteiger partial charge in [-0.1, -0.05) is 30.3 Å². The Morgan fingerprint density at radius 1 is 1.27 bits per heavy atom. The van der Waals surface area contributed by atoms with Crippen molar-refractivity contribution < 1.29 is 9.53 Å². The molecule has 5 heteroatoms. The first kappa shape index (κ1) is 15.2. The molecule has 4 nitrogen and oxygen atoms in total. The van der Waals surface area contributed by atoms with E-state index in [-0.39, 0.29) is 11.8 Å². The van der Waals surface area contributed by atoms with E-state index in [0.717, 1.165) is 30.0 Å². The summed E-state index contributed by atoms with van der Waals surface area (Å²) < 4.78 is 5.28. The van der Waals surface area contributed by atoms with Crippen LogP contribution in [-0.4, -0.2) is 24.1 Å². The van der Waals surface area contributed by atoms with Crippen molar-refractivity contribution >= 4 is 17.2 Å². The first-order chi connectivity index (χ1) is 10.8. The zero-order valence-corrected chi connectivity index (χ0v) is 13.3. The lowest BCUT2D eigenvalue weighted by molar-refractivity contribution is -0.128. The van der Waals surface area contributed by atoms with Crippen molar-refractivity contribution in [3.8, 4) is 0 Å². The number of rotatable bonds is 5. The molecule has 1 aliphatic rings. The van der Waals surface area contributed by atoms with E-state index in [1.807, 2.05) is 23.6 Å². The van der Waals surface area contributed by atoms with Gasteiger partial charge in [0.1, 0.15) is 0 Å². The normalized spacial score (nSPS) is 15.6. The Hall–Kier alpha value is -1.72. The summed E-state index contributed by atoms with van der Waals surface area (Å²) in [6.45, 7) is 1.90. The molecule has 0 radical (unpaired) electrons. The summed E-state index contributed by atoms with van der Waals surface area (Å²) in [6.07, 6.45) is 2.49. The number of hydrogen-bond donors (Lipinski definition) is 1. The van der Waals surface area contributed by atoms with Crippen LogP contribution in [0, 0.1) is 5.92 Å². The zero-order valence-electron chi connectivity index (χ0n) is 12.5. The lowest BCUT2D eigenvalue weighted by Gasteiger charge is -2.20.